The van der Waals surface area contributed by atoms with Crippen LogP contribution in [0.3, 0.4) is 0 Å². The second-order valence-electron chi connectivity index (χ2n) is 12.9. The molecule has 2 aromatic carbocycles. The summed E-state index contributed by atoms with van der Waals surface area (Å²) >= 11 is 0. The van der Waals surface area contributed by atoms with E-state index in [1.807, 2.05) is 20.8 Å². The number of hydrogen-bond donors (Lipinski definition) is 3. The predicted molar refractivity (Wildman–Crippen MR) is 186 cm³/mol. The van der Waals surface area contributed by atoms with Crippen LogP contribution in [0.5, 0.6) is 5.75 Å². The number of ether oxygens (including phenoxy) is 2. The van der Waals surface area contributed by atoms with Gasteiger partial charge in [-0.25, -0.2) is 13.2 Å². The average molecular weight is 700 g/mol. The largest absolute Gasteiger partial charge is 0.490 e. The minimum Gasteiger partial charge on any atom is -0.490 e. The Labute approximate surface area is 289 Å². The summed E-state index contributed by atoms with van der Waals surface area (Å²) in [6, 6.07) is 10.4. The first kappa shape index (κ1) is 37.8. The molecule has 268 valence electrons. The number of benzene rings is 2. The minimum atomic E-state index is -3.80. The van der Waals surface area contributed by atoms with Crippen LogP contribution in [-0.4, -0.2) is 91.4 Å². The van der Waals surface area contributed by atoms with E-state index in [1.54, 1.807) is 68.1 Å². The summed E-state index contributed by atoms with van der Waals surface area (Å²) in [5.74, 6) is 0.0629. The number of aliphatic hydroxyl groups excluding tert-OH is 1. The molecule has 2 heterocycles. The van der Waals surface area contributed by atoms with Gasteiger partial charge in [0.2, 0.25) is 10.0 Å². The molecule has 1 aliphatic heterocycles. The Balaban J connectivity index is 1.63. The number of likely N-dealkylation sites (N-methyl/N-ethyl adjacent to an activating group) is 1. The second kappa shape index (κ2) is 16.6. The molecule has 14 heteroatoms. The molecule has 4 rings (SSSR count). The molecule has 0 aliphatic carbocycles. The molecular weight excluding hydrogens is 650 g/mol. The third kappa shape index (κ3) is 9.59. The first-order valence-corrected chi connectivity index (χ1v) is 18.0. The average Bonchev–Trinajstić information content (AvgIpc) is 3.38. The number of carbonyl (C=O) groups is 2. The Bertz CT molecular complexity index is 1670. The number of carbonyl (C=O) groups excluding carboxylic acids is 2. The van der Waals surface area contributed by atoms with Crippen molar-refractivity contribution in [1.82, 2.24) is 14.4 Å². The number of hydrogen-bond acceptors (Lipinski definition) is 9. The summed E-state index contributed by atoms with van der Waals surface area (Å²) in [5, 5.41) is 19.6. The summed E-state index contributed by atoms with van der Waals surface area (Å²) in [5.41, 5.74) is 2.50. The van der Waals surface area contributed by atoms with Gasteiger partial charge in [0.05, 0.1) is 35.3 Å². The zero-order valence-electron chi connectivity index (χ0n) is 29.4. The SMILES string of the molecule is Cc1ccc(S(=O)(=O)N(C)C[C@H]2OCCCC[C@H](C)Oc3ccc(NC(=O)Nc4c(C)noc4C)cc3C(=O)N([C@H](C)CO)C[C@H]2C)cc1. The fourth-order valence-corrected chi connectivity index (χ4v) is 6.83. The van der Waals surface area contributed by atoms with Crippen molar-refractivity contribution in [2.24, 2.45) is 5.92 Å². The van der Waals surface area contributed by atoms with Crippen molar-refractivity contribution in [3.8, 4) is 5.75 Å². The van der Waals surface area contributed by atoms with Gasteiger partial charge in [0, 0.05) is 38.3 Å². The topological polar surface area (TPSA) is 164 Å². The van der Waals surface area contributed by atoms with E-state index in [0.717, 1.165) is 18.4 Å². The van der Waals surface area contributed by atoms with Gasteiger partial charge in [-0.2, -0.15) is 4.31 Å². The summed E-state index contributed by atoms with van der Waals surface area (Å²) < 4.78 is 46.0. The molecule has 0 saturated heterocycles. The van der Waals surface area contributed by atoms with Crippen LogP contribution in [0.1, 0.15) is 67.4 Å². The number of aryl methyl sites for hydroxylation is 3. The van der Waals surface area contributed by atoms with Gasteiger partial charge in [0.1, 0.15) is 17.1 Å². The summed E-state index contributed by atoms with van der Waals surface area (Å²) in [6.45, 7) is 11.2. The Hall–Kier alpha value is -3.98. The molecule has 1 aromatic heterocycles. The molecule has 3 aromatic rings. The third-order valence-corrected chi connectivity index (χ3v) is 10.6. The van der Waals surface area contributed by atoms with Crippen LogP contribution in [0.15, 0.2) is 51.9 Å². The number of aliphatic hydroxyl groups is 1. The highest BCUT2D eigenvalue weighted by Gasteiger charge is 2.32. The molecule has 0 unspecified atom stereocenters. The minimum absolute atomic E-state index is 0.0668. The zero-order chi connectivity index (χ0) is 35.9. The van der Waals surface area contributed by atoms with Gasteiger partial charge in [0.25, 0.3) is 5.91 Å². The summed E-state index contributed by atoms with van der Waals surface area (Å²) in [4.78, 5) is 29.0. The molecule has 0 fully saturated rings. The summed E-state index contributed by atoms with van der Waals surface area (Å²) in [7, 11) is -2.27. The van der Waals surface area contributed by atoms with Crippen molar-refractivity contribution in [2.45, 2.75) is 84.0 Å². The maximum atomic E-state index is 14.4. The Morgan fingerprint density at radius 3 is 2.47 bits per heavy atom. The second-order valence-corrected chi connectivity index (χ2v) is 14.9. The number of nitrogens with zero attached hydrogens (tertiary/aromatic N) is 3. The van der Waals surface area contributed by atoms with Crippen molar-refractivity contribution in [2.75, 3.05) is 44.0 Å². The van der Waals surface area contributed by atoms with Gasteiger partial charge in [-0.3, -0.25) is 4.79 Å². The maximum absolute atomic E-state index is 14.4. The molecule has 0 saturated carbocycles. The van der Waals surface area contributed by atoms with Crippen molar-refractivity contribution < 1.29 is 37.1 Å². The van der Waals surface area contributed by atoms with Crippen LogP contribution >= 0.6 is 0 Å². The van der Waals surface area contributed by atoms with Gasteiger partial charge in [0.15, 0.2) is 5.76 Å². The molecule has 4 atom stereocenters. The number of anilines is 2. The van der Waals surface area contributed by atoms with Crippen molar-refractivity contribution in [1.29, 1.82) is 0 Å². The molecule has 0 bridgehead atoms. The van der Waals surface area contributed by atoms with E-state index in [0.29, 0.717) is 41.6 Å². The normalized spacial score (nSPS) is 20.2. The van der Waals surface area contributed by atoms with E-state index in [4.69, 9.17) is 14.0 Å². The highest BCUT2D eigenvalue weighted by atomic mass is 32.2. The van der Waals surface area contributed by atoms with Crippen molar-refractivity contribution in [3.63, 3.8) is 0 Å². The number of rotatable bonds is 8. The number of amides is 3. The van der Waals surface area contributed by atoms with E-state index < -0.39 is 34.1 Å². The van der Waals surface area contributed by atoms with Gasteiger partial charge in [-0.05, 0) is 84.2 Å². The molecule has 0 spiro atoms. The fraction of sp³-hybridized carbons (Fsp3) is 0.514. The van der Waals surface area contributed by atoms with E-state index in [-0.39, 0.29) is 42.2 Å². The Morgan fingerprint density at radius 1 is 1.10 bits per heavy atom. The molecule has 49 heavy (non-hydrogen) atoms. The smallest absolute Gasteiger partial charge is 0.323 e. The number of sulfonamides is 1. The van der Waals surface area contributed by atoms with Crippen LogP contribution in [0.2, 0.25) is 0 Å². The van der Waals surface area contributed by atoms with Crippen LogP contribution < -0.4 is 15.4 Å². The molecule has 1 aliphatic rings. The first-order chi connectivity index (χ1) is 23.2. The lowest BCUT2D eigenvalue weighted by Gasteiger charge is -2.35. The maximum Gasteiger partial charge on any atom is 0.323 e. The number of fused-ring (bicyclic) bond motifs is 1. The van der Waals surface area contributed by atoms with E-state index in [1.165, 1.54) is 11.4 Å². The monoisotopic (exact) mass is 699 g/mol. The van der Waals surface area contributed by atoms with Crippen LogP contribution in [0.4, 0.5) is 16.2 Å². The standard InChI is InChI=1S/C35H49N5O8S/c1-22-11-14-29(15-12-22)49(44,45)39(7)20-32-23(2)19-40(24(3)21-41)34(42)30-18-28(36-35(43)37-33-26(5)38-48-27(33)6)13-16-31(30)47-25(4)10-8-9-17-46-32/h11-16,18,23-25,32,41H,8-10,17,19-21H2,1-7H3,(H2,36,37,43)/t23-,24-,25+,32-/m1/s1. The van der Waals surface area contributed by atoms with Crippen LogP contribution in [0, 0.1) is 26.7 Å². The first-order valence-electron chi connectivity index (χ1n) is 16.6. The van der Waals surface area contributed by atoms with E-state index >= 15 is 0 Å². The predicted octanol–water partition coefficient (Wildman–Crippen LogP) is 5.36. The molecule has 0 radical (unpaired) electrons. The molecule has 13 nitrogen and oxygen atoms in total. The molecular formula is C35H49N5O8S. The lowest BCUT2D eigenvalue weighted by Crippen LogP contribution is -2.48. The molecule has 3 N–H and O–H groups in total. The molecule has 3 amide bonds. The lowest BCUT2D eigenvalue weighted by molar-refractivity contribution is -0.00833. The van der Waals surface area contributed by atoms with Gasteiger partial charge in [-0.15, -0.1) is 0 Å². The van der Waals surface area contributed by atoms with E-state index in [9.17, 15) is 23.1 Å². The van der Waals surface area contributed by atoms with E-state index in [2.05, 4.69) is 15.8 Å². The highest BCUT2D eigenvalue weighted by Crippen LogP contribution is 2.29. The van der Waals surface area contributed by atoms with Gasteiger partial charge >= 0.3 is 6.03 Å². The Kier molecular flexibility index (Phi) is 12.8. The number of urea groups is 1. The van der Waals surface area contributed by atoms with Crippen LogP contribution in [0.25, 0.3) is 0 Å². The third-order valence-electron chi connectivity index (χ3n) is 8.75. The fourth-order valence-electron chi connectivity index (χ4n) is 5.64. The zero-order valence-corrected chi connectivity index (χ0v) is 30.2. The van der Waals surface area contributed by atoms with Crippen molar-refractivity contribution >= 4 is 33.3 Å². The Morgan fingerprint density at radius 2 is 1.82 bits per heavy atom. The summed E-state index contributed by atoms with van der Waals surface area (Å²) in [6.07, 6.45) is 1.42. The van der Waals surface area contributed by atoms with Crippen LogP contribution in [-0.2, 0) is 14.8 Å². The van der Waals surface area contributed by atoms with Gasteiger partial charge in [-0.1, -0.05) is 29.8 Å². The highest BCUT2D eigenvalue weighted by molar-refractivity contribution is 7.89. The van der Waals surface area contributed by atoms with Crippen molar-refractivity contribution in [3.05, 3.63) is 65.0 Å². The number of nitrogens with one attached hydrogen (secondary N) is 2. The number of aromatic nitrogens is 1. The lowest BCUT2D eigenvalue weighted by atomic mass is 10.0. The quantitative estimate of drug-likeness (QED) is 0.281. The van der Waals surface area contributed by atoms with Gasteiger partial charge < -0.3 is 34.6 Å².